The Bertz CT molecular complexity index is 787. The molecule has 1 aromatic heterocycles. The van der Waals surface area contributed by atoms with Gasteiger partial charge in [0.1, 0.15) is 5.54 Å². The number of benzene rings is 1. The number of aryl methyl sites for hydroxylation is 2. The van der Waals surface area contributed by atoms with Gasteiger partial charge in [-0.15, -0.1) is 0 Å². The fraction of sp³-hybridized carbons (Fsp3) is 0.412. The van der Waals surface area contributed by atoms with Crippen LogP contribution in [0.15, 0.2) is 18.2 Å². The summed E-state index contributed by atoms with van der Waals surface area (Å²) in [7, 11) is 0. The smallest absolute Gasteiger partial charge is 0.329 e. The first-order valence-corrected chi connectivity index (χ1v) is 7.78. The fourth-order valence-corrected chi connectivity index (χ4v) is 3.35. The average molecular weight is 298 g/mol. The molecule has 2 aliphatic rings. The third-order valence-electron chi connectivity index (χ3n) is 4.87. The lowest BCUT2D eigenvalue weighted by Crippen LogP contribution is -2.43. The van der Waals surface area contributed by atoms with Crippen LogP contribution in [0.3, 0.4) is 0 Å². The molecule has 22 heavy (non-hydrogen) atoms. The molecule has 2 aliphatic carbocycles. The Morgan fingerprint density at radius 1 is 1.18 bits per heavy atom. The zero-order valence-corrected chi connectivity index (χ0v) is 12.2. The molecule has 5 heteroatoms. The van der Waals surface area contributed by atoms with E-state index in [1.54, 1.807) is 6.07 Å². The predicted molar refractivity (Wildman–Crippen MR) is 82.0 cm³/mol. The molecule has 1 fully saturated rings. The minimum Gasteiger partial charge on any atom is -0.480 e. The van der Waals surface area contributed by atoms with Crippen molar-refractivity contribution in [1.29, 1.82) is 0 Å². The highest BCUT2D eigenvalue weighted by Gasteiger charge is 2.51. The van der Waals surface area contributed by atoms with Crippen molar-refractivity contribution in [2.75, 3.05) is 0 Å². The number of aromatic amines is 1. The SMILES string of the molecule is O=C(NC1(C(=O)O)CC1)c1ccc2[nH]c3c(c2c1)CCCC3. The first-order chi connectivity index (χ1) is 10.6. The number of nitrogens with one attached hydrogen (secondary N) is 2. The number of aromatic nitrogens is 1. The van der Waals surface area contributed by atoms with Gasteiger partial charge in [0.05, 0.1) is 0 Å². The fourth-order valence-electron chi connectivity index (χ4n) is 3.35. The summed E-state index contributed by atoms with van der Waals surface area (Å²) in [4.78, 5) is 27.0. The average Bonchev–Trinajstić information content (AvgIpc) is 3.20. The number of hydrogen-bond donors (Lipinski definition) is 3. The number of carbonyl (C=O) groups excluding carboxylic acids is 1. The van der Waals surface area contributed by atoms with Crippen molar-refractivity contribution in [2.45, 2.75) is 44.1 Å². The number of carboxylic acids is 1. The van der Waals surface area contributed by atoms with Crippen LogP contribution in [0, 0.1) is 0 Å². The van der Waals surface area contributed by atoms with Gasteiger partial charge >= 0.3 is 5.97 Å². The molecule has 114 valence electrons. The van der Waals surface area contributed by atoms with Crippen LogP contribution < -0.4 is 5.32 Å². The Morgan fingerprint density at radius 2 is 1.95 bits per heavy atom. The van der Waals surface area contributed by atoms with Gasteiger partial charge in [0.15, 0.2) is 0 Å². The number of rotatable bonds is 3. The summed E-state index contributed by atoms with van der Waals surface area (Å²) in [5.74, 6) is -1.24. The number of hydrogen-bond acceptors (Lipinski definition) is 2. The molecular weight excluding hydrogens is 280 g/mol. The number of amides is 1. The number of aliphatic carboxylic acids is 1. The van der Waals surface area contributed by atoms with Gasteiger partial charge in [-0.1, -0.05) is 0 Å². The molecule has 1 saturated carbocycles. The molecule has 2 aromatic rings. The van der Waals surface area contributed by atoms with Crippen molar-refractivity contribution in [1.82, 2.24) is 10.3 Å². The normalized spacial score (nSPS) is 18.7. The summed E-state index contributed by atoms with van der Waals surface area (Å²) in [6, 6.07) is 5.57. The topological polar surface area (TPSA) is 82.2 Å². The van der Waals surface area contributed by atoms with Crippen molar-refractivity contribution in [2.24, 2.45) is 0 Å². The zero-order valence-electron chi connectivity index (χ0n) is 12.2. The standard InChI is InChI=1S/C17H18N2O3/c20-15(19-17(7-8-17)16(21)22)10-5-6-14-12(9-10)11-3-1-2-4-13(11)18-14/h5-6,9,18H,1-4,7-8H2,(H,19,20)(H,21,22). The van der Waals surface area contributed by atoms with E-state index in [-0.39, 0.29) is 5.91 Å². The second kappa shape index (κ2) is 4.60. The van der Waals surface area contributed by atoms with Gasteiger partial charge < -0.3 is 15.4 Å². The summed E-state index contributed by atoms with van der Waals surface area (Å²) in [5.41, 5.74) is 3.15. The summed E-state index contributed by atoms with van der Waals surface area (Å²) in [5, 5.41) is 12.9. The number of H-pyrrole nitrogens is 1. The van der Waals surface area contributed by atoms with Crippen LogP contribution in [0.5, 0.6) is 0 Å². The second-order valence-corrected chi connectivity index (χ2v) is 6.39. The van der Waals surface area contributed by atoms with Gasteiger partial charge in [0.25, 0.3) is 5.91 Å². The van der Waals surface area contributed by atoms with Crippen LogP contribution in [0.4, 0.5) is 0 Å². The highest BCUT2D eigenvalue weighted by Crippen LogP contribution is 2.36. The Balaban J connectivity index is 1.67. The minimum absolute atomic E-state index is 0.299. The maximum atomic E-state index is 12.4. The van der Waals surface area contributed by atoms with E-state index in [1.165, 1.54) is 24.1 Å². The monoisotopic (exact) mass is 298 g/mol. The van der Waals surface area contributed by atoms with Gasteiger partial charge in [-0.05, 0) is 62.3 Å². The summed E-state index contributed by atoms with van der Waals surface area (Å²) in [6.07, 6.45) is 5.51. The third kappa shape index (κ3) is 2.00. The number of fused-ring (bicyclic) bond motifs is 3. The summed E-state index contributed by atoms with van der Waals surface area (Å²) in [6.45, 7) is 0. The van der Waals surface area contributed by atoms with E-state index in [9.17, 15) is 14.7 Å². The van der Waals surface area contributed by atoms with Crippen LogP contribution in [-0.4, -0.2) is 27.5 Å². The van der Waals surface area contributed by atoms with E-state index in [0.717, 1.165) is 23.7 Å². The van der Waals surface area contributed by atoms with Crippen molar-refractivity contribution < 1.29 is 14.7 Å². The summed E-state index contributed by atoms with van der Waals surface area (Å²) < 4.78 is 0. The molecule has 1 aromatic carbocycles. The van der Waals surface area contributed by atoms with Crippen LogP contribution in [-0.2, 0) is 17.6 Å². The minimum atomic E-state index is -1.04. The molecule has 0 radical (unpaired) electrons. The van der Waals surface area contributed by atoms with Gasteiger partial charge in [-0.2, -0.15) is 0 Å². The molecule has 3 N–H and O–H groups in total. The van der Waals surface area contributed by atoms with E-state index in [4.69, 9.17) is 0 Å². The largest absolute Gasteiger partial charge is 0.480 e. The van der Waals surface area contributed by atoms with Crippen molar-refractivity contribution in [3.05, 3.63) is 35.0 Å². The first-order valence-electron chi connectivity index (χ1n) is 7.78. The highest BCUT2D eigenvalue weighted by molar-refractivity contribution is 6.02. The molecule has 0 saturated heterocycles. The first kappa shape index (κ1) is 13.4. The predicted octanol–water partition coefficient (Wildman–Crippen LogP) is 2.39. The van der Waals surface area contributed by atoms with E-state index in [2.05, 4.69) is 10.3 Å². The van der Waals surface area contributed by atoms with Gasteiger partial charge in [-0.25, -0.2) is 4.79 Å². The van der Waals surface area contributed by atoms with Crippen molar-refractivity contribution >= 4 is 22.8 Å². The molecular formula is C17H18N2O3. The second-order valence-electron chi connectivity index (χ2n) is 6.39. The highest BCUT2D eigenvalue weighted by atomic mass is 16.4. The molecule has 0 bridgehead atoms. The number of carbonyl (C=O) groups is 2. The van der Waals surface area contributed by atoms with E-state index >= 15 is 0 Å². The third-order valence-corrected chi connectivity index (χ3v) is 4.87. The van der Waals surface area contributed by atoms with E-state index in [1.807, 2.05) is 12.1 Å². The lowest BCUT2D eigenvalue weighted by Gasteiger charge is -2.13. The lowest BCUT2D eigenvalue weighted by molar-refractivity contribution is -0.140. The Labute approximate surface area is 127 Å². The molecule has 4 rings (SSSR count). The van der Waals surface area contributed by atoms with Crippen LogP contribution in [0.2, 0.25) is 0 Å². The molecule has 0 spiro atoms. The van der Waals surface area contributed by atoms with E-state index in [0.29, 0.717) is 18.4 Å². The maximum Gasteiger partial charge on any atom is 0.329 e. The molecule has 1 heterocycles. The Hall–Kier alpha value is -2.30. The Morgan fingerprint density at radius 3 is 2.68 bits per heavy atom. The van der Waals surface area contributed by atoms with Gasteiger partial charge in [0.2, 0.25) is 0 Å². The molecule has 5 nitrogen and oxygen atoms in total. The molecule has 0 atom stereocenters. The van der Waals surface area contributed by atoms with Crippen LogP contribution in [0.1, 0.15) is 47.3 Å². The van der Waals surface area contributed by atoms with Crippen LogP contribution >= 0.6 is 0 Å². The van der Waals surface area contributed by atoms with Crippen molar-refractivity contribution in [3.63, 3.8) is 0 Å². The van der Waals surface area contributed by atoms with Crippen LogP contribution in [0.25, 0.3) is 10.9 Å². The quantitative estimate of drug-likeness (QED) is 0.813. The molecule has 0 aliphatic heterocycles. The lowest BCUT2D eigenvalue weighted by atomic mass is 9.95. The van der Waals surface area contributed by atoms with E-state index < -0.39 is 11.5 Å². The number of carboxylic acid groups (broad SMARTS) is 1. The van der Waals surface area contributed by atoms with Crippen molar-refractivity contribution in [3.8, 4) is 0 Å². The maximum absolute atomic E-state index is 12.4. The van der Waals surface area contributed by atoms with Gasteiger partial charge in [0, 0.05) is 22.2 Å². The molecule has 1 amide bonds. The van der Waals surface area contributed by atoms with Gasteiger partial charge in [-0.3, -0.25) is 4.79 Å². The molecule has 0 unspecified atom stereocenters. The Kier molecular flexibility index (Phi) is 2.79. The zero-order chi connectivity index (χ0) is 15.3. The summed E-state index contributed by atoms with van der Waals surface area (Å²) >= 11 is 0.